The van der Waals surface area contributed by atoms with Crippen LogP contribution in [0.5, 0.6) is 0 Å². The molecule has 10 aromatic rings. The Hall–Kier alpha value is -9.15. The van der Waals surface area contributed by atoms with Crippen LogP contribution in [0.3, 0.4) is 0 Å². The van der Waals surface area contributed by atoms with E-state index >= 15 is 0 Å². The van der Waals surface area contributed by atoms with E-state index in [4.69, 9.17) is 5.26 Å². The van der Waals surface area contributed by atoms with Gasteiger partial charge >= 0.3 is 6.18 Å². The van der Waals surface area contributed by atoms with Crippen molar-refractivity contribution in [2.24, 2.45) is 0 Å². The maximum absolute atomic E-state index is 12.1. The van der Waals surface area contributed by atoms with Crippen LogP contribution in [0.15, 0.2) is 201 Å². The second kappa shape index (κ2) is 49.4. The van der Waals surface area contributed by atoms with Crippen LogP contribution >= 0.6 is 0 Å². The number of pyridine rings is 9. The number of aryl methyl sites for hydroxylation is 6. The molecule has 0 aliphatic heterocycles. The molecule has 0 atom stereocenters. The molecule has 13 heteroatoms. The average Bonchev–Trinajstić information content (AvgIpc) is 0.854. The molecule has 102 heavy (non-hydrogen) atoms. The second-order valence-corrected chi connectivity index (χ2v) is 28.2. The van der Waals surface area contributed by atoms with Crippen molar-refractivity contribution in [2.75, 3.05) is 0 Å². The topological polar surface area (TPSA) is 140 Å². The molecule has 0 saturated heterocycles. The number of rotatable bonds is 10. The normalized spacial score (nSPS) is 10.5. The van der Waals surface area contributed by atoms with E-state index in [0.29, 0.717) is 64.6 Å². The Labute approximate surface area is 614 Å². The predicted molar refractivity (Wildman–Crippen MR) is 424 cm³/mol. The highest BCUT2D eigenvalue weighted by Gasteiger charge is 2.30. The third kappa shape index (κ3) is 40.3. The van der Waals surface area contributed by atoms with Crippen molar-refractivity contribution in [1.29, 1.82) is 5.26 Å². The zero-order valence-electron chi connectivity index (χ0n) is 66.4. The van der Waals surface area contributed by atoms with Gasteiger partial charge in [0.15, 0.2) is 0 Å². The van der Waals surface area contributed by atoms with Crippen molar-refractivity contribution in [2.45, 2.75) is 245 Å². The molecule has 0 aliphatic rings. The van der Waals surface area contributed by atoms with Crippen molar-refractivity contribution < 1.29 is 13.2 Å². The lowest BCUT2D eigenvalue weighted by Crippen LogP contribution is -2.06. The molecule has 10 rings (SSSR count). The second-order valence-electron chi connectivity index (χ2n) is 28.2. The highest BCUT2D eigenvalue weighted by molar-refractivity contribution is 5.26. The zero-order chi connectivity index (χ0) is 77.1. The van der Waals surface area contributed by atoms with E-state index in [1.54, 1.807) is 12.3 Å². The van der Waals surface area contributed by atoms with Crippen molar-refractivity contribution in [3.8, 4) is 6.07 Å². The minimum absolute atomic E-state index is 0.155. The smallest absolute Gasteiger partial charge is 0.261 e. The first-order chi connectivity index (χ1) is 47.9. The zero-order valence-corrected chi connectivity index (χ0v) is 66.4. The van der Waals surface area contributed by atoms with Crippen LogP contribution < -0.4 is 0 Å². The molecule has 0 aliphatic carbocycles. The van der Waals surface area contributed by atoms with Gasteiger partial charge < -0.3 is 0 Å². The van der Waals surface area contributed by atoms with E-state index in [1.807, 2.05) is 128 Å². The Morgan fingerprint density at radius 3 is 0.853 bits per heavy atom. The van der Waals surface area contributed by atoms with Gasteiger partial charge in [-0.25, -0.2) is 4.98 Å². The molecule has 0 spiro atoms. The summed E-state index contributed by atoms with van der Waals surface area (Å²) < 4.78 is 36.2. The van der Waals surface area contributed by atoms with Gasteiger partial charge in [0.1, 0.15) is 11.8 Å². The fourth-order valence-electron chi connectivity index (χ4n) is 8.27. The number of hydrogen-bond acceptors (Lipinski definition) is 10. The third-order valence-electron chi connectivity index (χ3n) is 15.4. The third-order valence-corrected chi connectivity index (χ3v) is 15.4. The number of alkyl halides is 3. The summed E-state index contributed by atoms with van der Waals surface area (Å²) >= 11 is 0. The highest BCUT2D eigenvalue weighted by Crippen LogP contribution is 2.29. The number of aromatic nitrogens is 9. The van der Waals surface area contributed by atoms with Crippen LogP contribution in [0.2, 0.25) is 0 Å². The minimum Gasteiger partial charge on any atom is -0.261 e. The summed E-state index contributed by atoms with van der Waals surface area (Å²) in [6.07, 6.45) is 9.85. The molecule has 0 bridgehead atoms. The van der Waals surface area contributed by atoms with Crippen LogP contribution in [0.1, 0.15) is 299 Å². The molecule has 9 heterocycles. The summed E-state index contributed by atoms with van der Waals surface area (Å²) in [7, 11) is 0. The fourth-order valence-corrected chi connectivity index (χ4v) is 8.27. The first-order valence-corrected chi connectivity index (χ1v) is 35.9. The van der Waals surface area contributed by atoms with Gasteiger partial charge in [0.2, 0.25) is 0 Å². The van der Waals surface area contributed by atoms with Gasteiger partial charge in [-0.3, -0.25) is 39.9 Å². The van der Waals surface area contributed by atoms with Crippen LogP contribution in [-0.2, 0) is 6.18 Å². The molecule has 0 radical (unpaired) electrons. The van der Waals surface area contributed by atoms with Crippen LogP contribution in [-0.4, -0.2) is 44.9 Å². The van der Waals surface area contributed by atoms with Gasteiger partial charge in [-0.2, -0.15) is 18.4 Å². The fraction of sp³-hybridized carbons (Fsp3) is 0.416. The Morgan fingerprint density at radius 2 is 0.618 bits per heavy atom. The molecular weight excluding hydrogens is 1270 g/mol. The van der Waals surface area contributed by atoms with E-state index in [-0.39, 0.29) is 5.92 Å². The molecule has 0 fully saturated rings. The molecule has 9 aromatic heterocycles. The number of nitrogens with zero attached hydrogens (tertiary/aromatic N) is 10. The molecular formula is C89H121F3N10. The standard InChI is InChI=1S/C9H10F3N.C9H10N2.6C9H13N.C9H12.C8H11N/c1-6(2)8-4-3-7(5-13-8)9(10,11)12;1-7(2)8-3-4-9(5-10)11-6-8;4*1-7(2)9-5-4-8(3)10-6-9;1-7(2)9-5-4-8(3)6-10-9;1-7(2)9-6-4-5-8(3)10-9;1-8(2)9-6-4-3-5-7-9;1-7(2)8-5-3-4-6-9-8/h3-6H,1-2H3;3-4,6-7H,1-2H3;6*4-7H,1-3H3;3-8H,1-2H3;3-7H,1-2H3. The molecule has 0 N–H and O–H groups in total. The van der Waals surface area contributed by atoms with Gasteiger partial charge in [-0.1, -0.05) is 217 Å². The van der Waals surface area contributed by atoms with Gasteiger partial charge in [0, 0.05) is 101 Å². The van der Waals surface area contributed by atoms with Crippen LogP contribution in [0.25, 0.3) is 0 Å². The first kappa shape index (κ1) is 90.9. The van der Waals surface area contributed by atoms with E-state index in [2.05, 4.69) is 273 Å². The first-order valence-electron chi connectivity index (χ1n) is 35.9. The molecule has 10 nitrogen and oxygen atoms in total. The van der Waals surface area contributed by atoms with Gasteiger partial charge in [-0.15, -0.1) is 0 Å². The number of nitriles is 1. The van der Waals surface area contributed by atoms with Gasteiger partial charge in [-0.05, 0) is 212 Å². The summed E-state index contributed by atoms with van der Waals surface area (Å²) in [5.74, 6) is 5.29. The van der Waals surface area contributed by atoms with Crippen molar-refractivity contribution >= 4 is 0 Å². The molecule has 0 amide bonds. The molecule has 0 unspecified atom stereocenters. The number of hydrogen-bond donors (Lipinski definition) is 0. The maximum atomic E-state index is 12.1. The lowest BCUT2D eigenvalue weighted by Gasteiger charge is -2.08. The Morgan fingerprint density at radius 1 is 0.275 bits per heavy atom. The lowest BCUT2D eigenvalue weighted by molar-refractivity contribution is -0.137. The Balaban J connectivity index is 0.000000567. The summed E-state index contributed by atoms with van der Waals surface area (Å²) in [4.78, 5) is 37.3. The summed E-state index contributed by atoms with van der Waals surface area (Å²) in [5, 5.41) is 8.45. The van der Waals surface area contributed by atoms with Crippen LogP contribution in [0, 0.1) is 52.9 Å². The van der Waals surface area contributed by atoms with E-state index < -0.39 is 11.7 Å². The summed E-state index contributed by atoms with van der Waals surface area (Å²) in [6, 6.07) is 51.7. The SMILES string of the molecule is CC(C)c1ccc(C#N)nc1.CC(C)c1ccc(C(F)(F)F)cn1.CC(C)c1ccccc1.CC(C)c1ccccn1.Cc1ccc(C(C)C)cn1.Cc1ccc(C(C)C)cn1.Cc1ccc(C(C)C)cn1.Cc1ccc(C(C)C)cn1.Cc1ccc(C(C)C)nc1.Cc1cccc(C(C)C)n1. The van der Waals surface area contributed by atoms with Gasteiger partial charge in [0.25, 0.3) is 0 Å². The molecule has 0 saturated carbocycles. The Bertz CT molecular complexity index is 3440. The van der Waals surface area contributed by atoms with Gasteiger partial charge in [0.05, 0.1) is 5.56 Å². The average molecular weight is 1390 g/mol. The van der Waals surface area contributed by atoms with E-state index in [9.17, 15) is 13.2 Å². The molecule has 548 valence electrons. The maximum Gasteiger partial charge on any atom is 0.417 e. The molecule has 1 aromatic carbocycles. The number of benzene rings is 1. The minimum atomic E-state index is -4.29. The van der Waals surface area contributed by atoms with E-state index in [0.717, 1.165) is 46.4 Å². The Kier molecular flexibility index (Phi) is 44.0. The largest absolute Gasteiger partial charge is 0.417 e. The van der Waals surface area contributed by atoms with Crippen LogP contribution in [0.4, 0.5) is 13.2 Å². The monoisotopic (exact) mass is 1390 g/mol. The van der Waals surface area contributed by atoms with E-state index in [1.165, 1.54) is 56.4 Å². The summed E-state index contributed by atoms with van der Waals surface area (Å²) in [6.45, 7) is 54.7. The highest BCUT2D eigenvalue weighted by atomic mass is 19.4. The van der Waals surface area contributed by atoms with Crippen molar-refractivity contribution in [1.82, 2.24) is 44.9 Å². The van der Waals surface area contributed by atoms with Crippen molar-refractivity contribution in [3.05, 3.63) is 303 Å². The van der Waals surface area contributed by atoms with Crippen molar-refractivity contribution in [3.63, 3.8) is 0 Å². The lowest BCUT2D eigenvalue weighted by atomic mass is 10.0. The predicted octanol–water partition coefficient (Wildman–Crippen LogP) is 25.4. The summed E-state index contributed by atoms with van der Waals surface area (Å²) in [5.41, 5.74) is 18.5. The quantitative estimate of drug-likeness (QED) is 0.130. The number of halogens is 3.